The second-order valence-corrected chi connectivity index (χ2v) is 6.74. The SMILES string of the molecule is Cc1ccc(NC(=O)/C(C#N)=C\c2ccc(Oc3nc(Cl)ncc3F)cc2)c(C)c1. The second kappa shape index (κ2) is 9.16. The van der Waals surface area contributed by atoms with Crippen LogP contribution in [0.2, 0.25) is 5.28 Å². The van der Waals surface area contributed by atoms with Crippen molar-refractivity contribution in [2.24, 2.45) is 0 Å². The predicted molar refractivity (Wildman–Crippen MR) is 112 cm³/mol. The third kappa shape index (κ3) is 5.19. The van der Waals surface area contributed by atoms with Gasteiger partial charge in [0, 0.05) is 5.69 Å². The van der Waals surface area contributed by atoms with Gasteiger partial charge in [0.15, 0.2) is 0 Å². The smallest absolute Gasteiger partial charge is 0.266 e. The van der Waals surface area contributed by atoms with Gasteiger partial charge in [0.2, 0.25) is 11.1 Å². The molecule has 1 amide bonds. The van der Waals surface area contributed by atoms with Crippen molar-refractivity contribution in [1.82, 2.24) is 9.97 Å². The molecule has 3 rings (SSSR count). The van der Waals surface area contributed by atoms with E-state index in [0.717, 1.165) is 17.3 Å². The van der Waals surface area contributed by atoms with E-state index in [0.29, 0.717) is 17.0 Å². The molecule has 0 bridgehead atoms. The van der Waals surface area contributed by atoms with Crippen LogP contribution in [0.15, 0.2) is 54.2 Å². The molecule has 8 heteroatoms. The molecule has 0 saturated carbocycles. The monoisotopic (exact) mass is 422 g/mol. The third-order valence-electron chi connectivity index (χ3n) is 4.08. The highest BCUT2D eigenvalue weighted by molar-refractivity contribution is 6.28. The zero-order chi connectivity index (χ0) is 21.7. The van der Waals surface area contributed by atoms with Crippen LogP contribution in [0.3, 0.4) is 0 Å². The summed E-state index contributed by atoms with van der Waals surface area (Å²) < 4.78 is 19.0. The van der Waals surface area contributed by atoms with Crippen LogP contribution in [0, 0.1) is 31.0 Å². The summed E-state index contributed by atoms with van der Waals surface area (Å²) in [5, 5.41) is 12.0. The molecule has 0 fully saturated rings. The fourth-order valence-electron chi connectivity index (χ4n) is 2.61. The average molecular weight is 423 g/mol. The molecule has 2 aromatic carbocycles. The number of benzene rings is 2. The number of hydrogen-bond acceptors (Lipinski definition) is 5. The van der Waals surface area contributed by atoms with Crippen molar-refractivity contribution >= 4 is 29.3 Å². The van der Waals surface area contributed by atoms with Crippen molar-refractivity contribution in [3.05, 3.63) is 82.0 Å². The summed E-state index contributed by atoms with van der Waals surface area (Å²) in [6.45, 7) is 3.84. The second-order valence-electron chi connectivity index (χ2n) is 6.41. The Morgan fingerprint density at radius 2 is 1.97 bits per heavy atom. The van der Waals surface area contributed by atoms with Gasteiger partial charge in [-0.2, -0.15) is 14.6 Å². The van der Waals surface area contributed by atoms with Crippen molar-refractivity contribution in [2.45, 2.75) is 13.8 Å². The molecule has 0 saturated heterocycles. The lowest BCUT2D eigenvalue weighted by atomic mass is 10.1. The van der Waals surface area contributed by atoms with Gasteiger partial charge in [0.25, 0.3) is 11.8 Å². The lowest BCUT2D eigenvalue weighted by molar-refractivity contribution is -0.112. The first kappa shape index (κ1) is 21.0. The summed E-state index contributed by atoms with van der Waals surface area (Å²) >= 11 is 5.64. The quantitative estimate of drug-likeness (QED) is 0.346. The molecule has 150 valence electrons. The molecular formula is C22H16ClFN4O2. The standard InChI is InChI=1S/C22H16ClFN4O2/c1-13-3-8-19(14(2)9-13)27-20(29)16(11-25)10-15-4-6-17(7-5-15)30-21-18(24)12-26-22(23)28-21/h3-10,12H,1-2H3,(H,27,29)/b16-10-. The first-order valence-electron chi connectivity index (χ1n) is 8.82. The van der Waals surface area contributed by atoms with Crippen molar-refractivity contribution in [3.8, 4) is 17.7 Å². The maximum absolute atomic E-state index is 13.7. The minimum Gasteiger partial charge on any atom is -0.436 e. The Kier molecular flexibility index (Phi) is 6.40. The van der Waals surface area contributed by atoms with Crippen molar-refractivity contribution < 1.29 is 13.9 Å². The van der Waals surface area contributed by atoms with E-state index >= 15 is 0 Å². The third-order valence-corrected chi connectivity index (χ3v) is 4.27. The first-order chi connectivity index (χ1) is 14.4. The van der Waals surface area contributed by atoms with Gasteiger partial charge in [-0.3, -0.25) is 4.79 Å². The van der Waals surface area contributed by atoms with Crippen LogP contribution >= 0.6 is 11.6 Å². The van der Waals surface area contributed by atoms with Crippen LogP contribution in [0.1, 0.15) is 16.7 Å². The normalized spacial score (nSPS) is 11.0. The number of anilines is 1. The number of hydrogen-bond donors (Lipinski definition) is 1. The van der Waals surface area contributed by atoms with Gasteiger partial charge in [-0.25, -0.2) is 4.98 Å². The number of nitrogens with zero attached hydrogens (tertiary/aromatic N) is 3. The minimum atomic E-state index is -0.752. The molecular weight excluding hydrogens is 407 g/mol. The van der Waals surface area contributed by atoms with E-state index in [9.17, 15) is 14.4 Å². The maximum Gasteiger partial charge on any atom is 0.266 e. The Morgan fingerprint density at radius 3 is 2.63 bits per heavy atom. The average Bonchev–Trinajstić information content (AvgIpc) is 2.72. The first-order valence-corrected chi connectivity index (χ1v) is 9.20. The highest BCUT2D eigenvalue weighted by Gasteiger charge is 2.12. The van der Waals surface area contributed by atoms with Crippen molar-refractivity contribution in [1.29, 1.82) is 5.26 Å². The van der Waals surface area contributed by atoms with Gasteiger partial charge in [0.05, 0.1) is 6.20 Å². The van der Waals surface area contributed by atoms with Gasteiger partial charge >= 0.3 is 0 Å². The van der Waals surface area contributed by atoms with E-state index in [4.69, 9.17) is 16.3 Å². The van der Waals surface area contributed by atoms with Gasteiger partial charge in [-0.1, -0.05) is 29.8 Å². The van der Waals surface area contributed by atoms with Crippen LogP contribution < -0.4 is 10.1 Å². The minimum absolute atomic E-state index is 0.0581. The number of nitriles is 1. The van der Waals surface area contributed by atoms with E-state index in [1.54, 1.807) is 30.3 Å². The molecule has 6 nitrogen and oxygen atoms in total. The highest BCUT2D eigenvalue weighted by atomic mass is 35.5. The van der Waals surface area contributed by atoms with E-state index in [1.165, 1.54) is 6.08 Å². The summed E-state index contributed by atoms with van der Waals surface area (Å²) in [5.74, 6) is -1.26. The number of ether oxygens (including phenoxy) is 1. The molecule has 0 atom stereocenters. The molecule has 1 heterocycles. The Bertz CT molecular complexity index is 1170. The zero-order valence-corrected chi connectivity index (χ0v) is 16.9. The molecule has 0 aliphatic rings. The number of amides is 1. The summed E-state index contributed by atoms with van der Waals surface area (Å²) in [7, 11) is 0. The predicted octanol–water partition coefficient (Wildman–Crippen LogP) is 5.22. The molecule has 0 unspecified atom stereocenters. The summed E-state index contributed by atoms with van der Waals surface area (Å²) in [6, 6.07) is 13.9. The van der Waals surface area contributed by atoms with Crippen molar-refractivity contribution in [2.75, 3.05) is 5.32 Å². The topological polar surface area (TPSA) is 87.9 Å². The molecule has 0 radical (unpaired) electrons. The number of carbonyl (C=O) groups excluding carboxylic acids is 1. The van der Waals surface area contributed by atoms with Crippen LogP contribution in [0.4, 0.5) is 10.1 Å². The molecule has 1 aromatic heterocycles. The van der Waals surface area contributed by atoms with Gasteiger partial charge in [0.1, 0.15) is 17.4 Å². The van der Waals surface area contributed by atoms with Crippen LogP contribution in [0.5, 0.6) is 11.6 Å². The molecule has 0 aliphatic carbocycles. The van der Waals surface area contributed by atoms with Gasteiger partial charge in [-0.15, -0.1) is 0 Å². The number of aromatic nitrogens is 2. The lowest BCUT2D eigenvalue weighted by Gasteiger charge is -2.09. The molecule has 1 N–H and O–H groups in total. The maximum atomic E-state index is 13.7. The zero-order valence-electron chi connectivity index (χ0n) is 16.1. The fraction of sp³-hybridized carbons (Fsp3) is 0.0909. The van der Waals surface area contributed by atoms with Crippen LogP contribution in [-0.4, -0.2) is 15.9 Å². The van der Waals surface area contributed by atoms with Gasteiger partial charge < -0.3 is 10.1 Å². The summed E-state index contributed by atoms with van der Waals surface area (Å²) in [4.78, 5) is 19.7. The largest absolute Gasteiger partial charge is 0.436 e. The number of halogens is 2. The highest BCUT2D eigenvalue weighted by Crippen LogP contribution is 2.24. The Morgan fingerprint density at radius 1 is 1.23 bits per heavy atom. The Labute approximate surface area is 177 Å². The number of rotatable bonds is 5. The van der Waals surface area contributed by atoms with E-state index in [2.05, 4.69) is 15.3 Å². The molecule has 30 heavy (non-hydrogen) atoms. The molecule has 3 aromatic rings. The van der Waals surface area contributed by atoms with Gasteiger partial charge in [-0.05, 0) is 60.9 Å². The number of nitrogens with one attached hydrogen (secondary N) is 1. The fourth-order valence-corrected chi connectivity index (χ4v) is 2.73. The van der Waals surface area contributed by atoms with E-state index in [-0.39, 0.29) is 16.7 Å². The molecule has 0 aliphatic heterocycles. The summed E-state index contributed by atoms with van der Waals surface area (Å²) in [5.41, 5.74) is 3.15. The summed E-state index contributed by atoms with van der Waals surface area (Å²) in [6.07, 6.45) is 2.36. The van der Waals surface area contributed by atoms with Crippen molar-refractivity contribution in [3.63, 3.8) is 0 Å². The number of carbonyl (C=O) groups is 1. The van der Waals surface area contributed by atoms with E-state index < -0.39 is 11.7 Å². The Balaban J connectivity index is 1.75. The van der Waals surface area contributed by atoms with E-state index in [1.807, 2.05) is 32.0 Å². The van der Waals surface area contributed by atoms with Crippen LogP contribution in [0.25, 0.3) is 6.08 Å². The number of aryl methyl sites for hydroxylation is 2. The lowest BCUT2D eigenvalue weighted by Crippen LogP contribution is -2.14. The molecule has 0 spiro atoms. The van der Waals surface area contributed by atoms with Crippen LogP contribution in [-0.2, 0) is 4.79 Å². The Hall–Kier alpha value is -3.76.